The summed E-state index contributed by atoms with van der Waals surface area (Å²) in [6.45, 7) is 6.31. The van der Waals surface area contributed by atoms with Crippen LogP contribution in [0.3, 0.4) is 0 Å². The molecular formula is C15H21N7O2. The van der Waals surface area contributed by atoms with Crippen molar-refractivity contribution in [2.45, 2.75) is 39.3 Å². The first-order valence-electron chi connectivity index (χ1n) is 7.77. The smallest absolute Gasteiger partial charge is 0.248 e. The molecule has 0 unspecified atom stereocenters. The predicted molar refractivity (Wildman–Crippen MR) is 87.4 cm³/mol. The molecule has 3 rings (SSSR count). The van der Waals surface area contributed by atoms with E-state index in [4.69, 9.17) is 9.26 Å². The van der Waals surface area contributed by atoms with E-state index in [-0.39, 0.29) is 12.0 Å². The van der Waals surface area contributed by atoms with Gasteiger partial charge in [0, 0.05) is 20.1 Å². The molecule has 0 radical (unpaired) electrons. The van der Waals surface area contributed by atoms with Crippen LogP contribution in [-0.4, -0.2) is 37.0 Å². The van der Waals surface area contributed by atoms with E-state index in [0.717, 1.165) is 11.0 Å². The maximum atomic E-state index is 5.34. The minimum Gasteiger partial charge on any atom is -0.377 e. The van der Waals surface area contributed by atoms with Gasteiger partial charge in [0.2, 0.25) is 5.89 Å². The zero-order valence-electron chi connectivity index (χ0n) is 14.4. The fourth-order valence-electron chi connectivity index (χ4n) is 2.30. The lowest BCUT2D eigenvalue weighted by Gasteiger charge is -2.12. The third-order valence-corrected chi connectivity index (χ3v) is 3.61. The molecule has 0 aliphatic carbocycles. The highest BCUT2D eigenvalue weighted by Gasteiger charge is 2.19. The van der Waals surface area contributed by atoms with Gasteiger partial charge in [-0.1, -0.05) is 19.0 Å². The minimum absolute atomic E-state index is 0.196. The van der Waals surface area contributed by atoms with Gasteiger partial charge in [-0.25, -0.2) is 9.97 Å². The van der Waals surface area contributed by atoms with E-state index in [9.17, 15) is 0 Å². The largest absolute Gasteiger partial charge is 0.377 e. The van der Waals surface area contributed by atoms with Crippen molar-refractivity contribution in [2.24, 2.45) is 7.05 Å². The summed E-state index contributed by atoms with van der Waals surface area (Å²) in [4.78, 5) is 13.4. The van der Waals surface area contributed by atoms with Gasteiger partial charge in [0.15, 0.2) is 17.3 Å². The lowest BCUT2D eigenvalue weighted by Crippen LogP contribution is -2.11. The van der Waals surface area contributed by atoms with Crippen LogP contribution >= 0.6 is 0 Å². The SMILES string of the molecule is COCc1nc(N[C@@H](C)c2nc(C(C)C)no2)c2cnn(C)c2n1. The Morgan fingerprint density at radius 1 is 1.25 bits per heavy atom. The Morgan fingerprint density at radius 3 is 2.71 bits per heavy atom. The Balaban J connectivity index is 1.92. The molecule has 3 aromatic rings. The molecule has 9 nitrogen and oxygen atoms in total. The molecule has 0 saturated heterocycles. The second kappa shape index (κ2) is 6.52. The van der Waals surface area contributed by atoms with Gasteiger partial charge in [-0.05, 0) is 6.92 Å². The van der Waals surface area contributed by atoms with Gasteiger partial charge in [0.05, 0.1) is 11.6 Å². The van der Waals surface area contributed by atoms with Crippen LogP contribution < -0.4 is 5.32 Å². The summed E-state index contributed by atoms with van der Waals surface area (Å²) in [5.41, 5.74) is 0.736. The summed E-state index contributed by atoms with van der Waals surface area (Å²) < 4.78 is 12.2. The second-order valence-corrected chi connectivity index (χ2v) is 5.94. The highest BCUT2D eigenvalue weighted by molar-refractivity contribution is 5.86. The Labute approximate surface area is 139 Å². The van der Waals surface area contributed by atoms with E-state index in [2.05, 4.69) is 30.5 Å². The van der Waals surface area contributed by atoms with Crippen LogP contribution in [0, 0.1) is 0 Å². The zero-order chi connectivity index (χ0) is 17.3. The van der Waals surface area contributed by atoms with Crippen molar-refractivity contribution in [3.8, 4) is 0 Å². The number of hydrogen-bond donors (Lipinski definition) is 1. The quantitative estimate of drug-likeness (QED) is 0.733. The summed E-state index contributed by atoms with van der Waals surface area (Å²) in [5.74, 6) is 2.66. The molecule has 1 atom stereocenters. The normalized spacial score (nSPS) is 12.9. The van der Waals surface area contributed by atoms with Crippen molar-refractivity contribution in [2.75, 3.05) is 12.4 Å². The van der Waals surface area contributed by atoms with Crippen molar-refractivity contribution in [1.82, 2.24) is 29.9 Å². The minimum atomic E-state index is -0.196. The first kappa shape index (κ1) is 16.3. The van der Waals surface area contributed by atoms with E-state index in [1.807, 2.05) is 27.8 Å². The molecule has 0 saturated carbocycles. The first-order valence-corrected chi connectivity index (χ1v) is 7.77. The van der Waals surface area contributed by atoms with E-state index < -0.39 is 0 Å². The summed E-state index contributed by atoms with van der Waals surface area (Å²) >= 11 is 0. The molecule has 0 aliphatic heterocycles. The molecule has 0 spiro atoms. The molecule has 0 aromatic carbocycles. The van der Waals surface area contributed by atoms with Crippen LogP contribution in [0.15, 0.2) is 10.7 Å². The maximum absolute atomic E-state index is 5.34. The fraction of sp³-hybridized carbons (Fsp3) is 0.533. The average molecular weight is 331 g/mol. The van der Waals surface area contributed by atoms with Gasteiger partial charge in [-0.3, -0.25) is 4.68 Å². The predicted octanol–water partition coefficient (Wildman–Crippen LogP) is 2.19. The van der Waals surface area contributed by atoms with Crippen molar-refractivity contribution in [1.29, 1.82) is 0 Å². The molecule has 0 bridgehead atoms. The molecule has 0 amide bonds. The molecule has 24 heavy (non-hydrogen) atoms. The van der Waals surface area contributed by atoms with Gasteiger partial charge in [-0.2, -0.15) is 10.1 Å². The monoisotopic (exact) mass is 331 g/mol. The number of hydrogen-bond acceptors (Lipinski definition) is 8. The van der Waals surface area contributed by atoms with Gasteiger partial charge in [0.25, 0.3) is 0 Å². The van der Waals surface area contributed by atoms with Crippen LogP contribution in [0.1, 0.15) is 50.3 Å². The van der Waals surface area contributed by atoms with Crippen molar-refractivity contribution in [3.63, 3.8) is 0 Å². The lowest BCUT2D eigenvalue weighted by molar-refractivity contribution is 0.178. The van der Waals surface area contributed by atoms with Gasteiger partial charge < -0.3 is 14.6 Å². The van der Waals surface area contributed by atoms with Crippen molar-refractivity contribution < 1.29 is 9.26 Å². The van der Waals surface area contributed by atoms with Crippen LogP contribution in [0.4, 0.5) is 5.82 Å². The number of methoxy groups -OCH3 is 1. The number of aryl methyl sites for hydroxylation is 1. The van der Waals surface area contributed by atoms with Crippen LogP contribution in [0.25, 0.3) is 11.0 Å². The zero-order valence-corrected chi connectivity index (χ0v) is 14.4. The summed E-state index contributed by atoms with van der Waals surface area (Å²) in [6.07, 6.45) is 1.73. The molecule has 9 heteroatoms. The van der Waals surface area contributed by atoms with E-state index in [1.54, 1.807) is 18.0 Å². The third kappa shape index (κ3) is 3.07. The van der Waals surface area contributed by atoms with Crippen LogP contribution in [0.5, 0.6) is 0 Å². The molecule has 3 heterocycles. The van der Waals surface area contributed by atoms with Gasteiger partial charge >= 0.3 is 0 Å². The molecule has 128 valence electrons. The Kier molecular flexibility index (Phi) is 4.43. The number of rotatable bonds is 6. The third-order valence-electron chi connectivity index (χ3n) is 3.61. The molecule has 3 aromatic heterocycles. The average Bonchev–Trinajstić information content (AvgIpc) is 3.16. The molecule has 0 fully saturated rings. The highest BCUT2D eigenvalue weighted by Crippen LogP contribution is 2.24. The topological polar surface area (TPSA) is 104 Å². The van der Waals surface area contributed by atoms with Gasteiger partial charge in [0.1, 0.15) is 18.5 Å². The molecular weight excluding hydrogens is 310 g/mol. The van der Waals surface area contributed by atoms with Crippen molar-refractivity contribution >= 4 is 16.9 Å². The van der Waals surface area contributed by atoms with Gasteiger partial charge in [-0.15, -0.1) is 0 Å². The Hall–Kier alpha value is -2.55. The number of fused-ring (bicyclic) bond motifs is 1. The summed E-state index contributed by atoms with van der Waals surface area (Å²) in [6, 6.07) is -0.196. The van der Waals surface area contributed by atoms with E-state index in [0.29, 0.717) is 30.0 Å². The number of aromatic nitrogens is 6. The standard InChI is InChI=1S/C15H21N7O2/c1-8(2)12-20-15(24-21-12)9(3)17-13-10-6-16-22(4)14(10)19-11(18-13)7-23-5/h6,8-9H,7H2,1-5H3,(H,17,18,19)/t9-/m0/s1. The lowest BCUT2D eigenvalue weighted by atomic mass is 10.2. The Morgan fingerprint density at radius 2 is 2.04 bits per heavy atom. The fourth-order valence-corrected chi connectivity index (χ4v) is 2.30. The van der Waals surface area contributed by atoms with E-state index >= 15 is 0 Å². The summed E-state index contributed by atoms with van der Waals surface area (Å²) in [7, 11) is 3.45. The molecule has 0 aliphatic rings. The maximum Gasteiger partial charge on any atom is 0.248 e. The number of anilines is 1. The second-order valence-electron chi connectivity index (χ2n) is 5.94. The number of nitrogens with zero attached hydrogens (tertiary/aromatic N) is 6. The highest BCUT2D eigenvalue weighted by atomic mass is 16.5. The first-order chi connectivity index (χ1) is 11.5. The van der Waals surface area contributed by atoms with Crippen LogP contribution in [0.2, 0.25) is 0 Å². The van der Waals surface area contributed by atoms with Crippen LogP contribution in [-0.2, 0) is 18.4 Å². The molecule has 1 N–H and O–H groups in total. The summed E-state index contributed by atoms with van der Waals surface area (Å²) in [5, 5.41) is 12.4. The number of ether oxygens (including phenoxy) is 1. The van der Waals surface area contributed by atoms with Crippen molar-refractivity contribution in [3.05, 3.63) is 23.7 Å². The Bertz CT molecular complexity index is 840. The van der Waals surface area contributed by atoms with E-state index in [1.165, 1.54) is 0 Å². The number of nitrogens with one attached hydrogen (secondary N) is 1.